The molecule has 11 rings (SSSR count). The minimum absolute atomic E-state index is 0.0901. The van der Waals surface area contributed by atoms with Gasteiger partial charge in [-0.05, 0) is 93.2 Å². The second kappa shape index (κ2) is 11.0. The monoisotopic (exact) mass is 685 g/mol. The van der Waals surface area contributed by atoms with Crippen molar-refractivity contribution < 1.29 is 0 Å². The second-order valence-electron chi connectivity index (χ2n) is 15.6. The van der Waals surface area contributed by atoms with Crippen LogP contribution in [0.3, 0.4) is 0 Å². The molecular formula is C50H39NS. The molecule has 1 spiro atoms. The van der Waals surface area contributed by atoms with Crippen molar-refractivity contribution in [2.45, 2.75) is 50.4 Å². The Kier molecular flexibility index (Phi) is 6.41. The van der Waals surface area contributed by atoms with Gasteiger partial charge in [-0.2, -0.15) is 0 Å². The molecule has 1 nitrogen and oxygen atoms in total. The van der Waals surface area contributed by atoms with Gasteiger partial charge in [0.2, 0.25) is 0 Å². The van der Waals surface area contributed by atoms with Crippen molar-refractivity contribution in [3.63, 3.8) is 0 Å². The molecule has 1 heterocycles. The minimum atomic E-state index is -0.125. The normalized spacial score (nSPS) is 15.9. The van der Waals surface area contributed by atoms with Gasteiger partial charge in [0, 0.05) is 37.6 Å². The number of nitrogens with zero attached hydrogens (tertiary/aromatic N) is 1. The first-order valence-electron chi connectivity index (χ1n) is 18.8. The molecule has 0 atom stereocenters. The van der Waals surface area contributed by atoms with Crippen molar-refractivity contribution in [3.8, 4) is 33.4 Å². The molecule has 0 radical (unpaired) electrons. The lowest BCUT2D eigenvalue weighted by molar-refractivity contribution is 0.550. The third-order valence-electron chi connectivity index (χ3n) is 12.6. The van der Waals surface area contributed by atoms with Crippen LogP contribution in [0.15, 0.2) is 152 Å². The zero-order valence-corrected chi connectivity index (χ0v) is 30.4. The molecule has 2 heteroatoms. The van der Waals surface area contributed by atoms with E-state index in [1.165, 1.54) is 119 Å². The summed E-state index contributed by atoms with van der Waals surface area (Å²) in [4.78, 5) is 2.59. The zero-order chi connectivity index (χ0) is 34.6. The quantitative estimate of drug-likeness (QED) is 0.178. The van der Waals surface area contributed by atoms with Gasteiger partial charge in [-0.3, -0.25) is 0 Å². The van der Waals surface area contributed by atoms with Crippen LogP contribution in [0.25, 0.3) is 53.6 Å². The summed E-state index contributed by atoms with van der Waals surface area (Å²) in [6.45, 7) is 4.80. The predicted molar refractivity (Wildman–Crippen MR) is 222 cm³/mol. The van der Waals surface area contributed by atoms with E-state index in [9.17, 15) is 0 Å². The standard InChI is InChI=1S/C50H39NS/c1-49(2)41-22-7-3-16-34(41)38-19-13-20-39(47(38)49)36-17-5-9-24-44(36)51(45-25-14-21-40-37-18-6-10-26-46(37)52-48(40)45)32-27-28-35-33-15-4-8-23-42(33)50(43(35)31-32)29-11-12-30-50/h3-10,13-28,31H,11-12,29-30H2,1-2H3. The van der Waals surface area contributed by atoms with Crippen molar-refractivity contribution in [2.75, 3.05) is 4.90 Å². The molecule has 0 unspecified atom stereocenters. The van der Waals surface area contributed by atoms with Crippen molar-refractivity contribution in [3.05, 3.63) is 174 Å². The first-order valence-corrected chi connectivity index (χ1v) is 19.6. The van der Waals surface area contributed by atoms with Gasteiger partial charge < -0.3 is 4.90 Å². The number of anilines is 3. The molecule has 3 aliphatic rings. The van der Waals surface area contributed by atoms with Crippen LogP contribution in [0, 0.1) is 0 Å². The molecule has 0 N–H and O–H groups in total. The maximum absolute atomic E-state index is 2.59. The highest BCUT2D eigenvalue weighted by atomic mass is 32.1. The predicted octanol–water partition coefficient (Wildman–Crippen LogP) is 14.3. The molecule has 1 fully saturated rings. The summed E-state index contributed by atoms with van der Waals surface area (Å²) in [6.07, 6.45) is 5.00. The highest BCUT2D eigenvalue weighted by Crippen LogP contribution is 2.59. The van der Waals surface area contributed by atoms with Crippen molar-refractivity contribution >= 4 is 48.6 Å². The summed E-state index contributed by atoms with van der Waals surface area (Å²) in [5.41, 5.74) is 17.6. The van der Waals surface area contributed by atoms with Gasteiger partial charge in [0.15, 0.2) is 0 Å². The molecule has 250 valence electrons. The summed E-state index contributed by atoms with van der Waals surface area (Å²) in [7, 11) is 0. The lowest BCUT2D eigenvalue weighted by Gasteiger charge is -2.32. The summed E-state index contributed by atoms with van der Waals surface area (Å²) in [6, 6.07) is 57.5. The Morgan fingerprint density at radius 2 is 1.06 bits per heavy atom. The lowest BCUT2D eigenvalue weighted by Crippen LogP contribution is -2.21. The van der Waals surface area contributed by atoms with Gasteiger partial charge in [0.25, 0.3) is 0 Å². The molecule has 1 saturated carbocycles. The third-order valence-corrected chi connectivity index (χ3v) is 13.8. The average Bonchev–Trinajstić information content (AvgIpc) is 3.95. The van der Waals surface area contributed by atoms with Gasteiger partial charge in [0.05, 0.1) is 16.1 Å². The smallest absolute Gasteiger partial charge is 0.0640 e. The number of benzene rings is 7. The van der Waals surface area contributed by atoms with E-state index in [0.29, 0.717) is 0 Å². The molecule has 52 heavy (non-hydrogen) atoms. The van der Waals surface area contributed by atoms with Crippen LogP contribution in [0.4, 0.5) is 17.1 Å². The average molecular weight is 686 g/mol. The first-order chi connectivity index (χ1) is 25.5. The van der Waals surface area contributed by atoms with E-state index in [1.807, 2.05) is 11.3 Å². The molecule has 8 aromatic rings. The van der Waals surface area contributed by atoms with E-state index in [4.69, 9.17) is 0 Å². The Morgan fingerprint density at radius 3 is 1.88 bits per heavy atom. The topological polar surface area (TPSA) is 3.24 Å². The van der Waals surface area contributed by atoms with E-state index in [0.717, 1.165) is 0 Å². The zero-order valence-electron chi connectivity index (χ0n) is 29.6. The largest absolute Gasteiger partial charge is 0.308 e. The van der Waals surface area contributed by atoms with Crippen LogP contribution in [0.2, 0.25) is 0 Å². The van der Waals surface area contributed by atoms with Crippen molar-refractivity contribution in [1.82, 2.24) is 0 Å². The fourth-order valence-corrected chi connectivity index (χ4v) is 11.6. The van der Waals surface area contributed by atoms with Crippen LogP contribution in [0.1, 0.15) is 61.8 Å². The summed E-state index contributed by atoms with van der Waals surface area (Å²) >= 11 is 1.91. The van der Waals surface area contributed by atoms with Crippen LogP contribution in [-0.4, -0.2) is 0 Å². The summed E-state index contributed by atoms with van der Waals surface area (Å²) in [5.74, 6) is 0. The van der Waals surface area contributed by atoms with Crippen LogP contribution in [-0.2, 0) is 10.8 Å². The van der Waals surface area contributed by atoms with Gasteiger partial charge in [-0.1, -0.05) is 148 Å². The van der Waals surface area contributed by atoms with Crippen LogP contribution >= 0.6 is 11.3 Å². The minimum Gasteiger partial charge on any atom is -0.308 e. The Bertz CT molecular complexity index is 2740. The maximum Gasteiger partial charge on any atom is 0.0640 e. The second-order valence-corrected chi connectivity index (χ2v) is 16.6. The van der Waals surface area contributed by atoms with E-state index < -0.39 is 0 Å². The highest BCUT2D eigenvalue weighted by molar-refractivity contribution is 7.26. The summed E-state index contributed by atoms with van der Waals surface area (Å²) in [5, 5.41) is 2.64. The van der Waals surface area contributed by atoms with Gasteiger partial charge in [0.1, 0.15) is 0 Å². The molecule has 0 aliphatic heterocycles. The fourth-order valence-electron chi connectivity index (χ4n) is 10.4. The van der Waals surface area contributed by atoms with E-state index in [2.05, 4.69) is 170 Å². The van der Waals surface area contributed by atoms with Crippen molar-refractivity contribution in [1.29, 1.82) is 0 Å². The summed E-state index contributed by atoms with van der Waals surface area (Å²) < 4.78 is 2.65. The molecule has 3 aliphatic carbocycles. The molecular weight excluding hydrogens is 647 g/mol. The van der Waals surface area contributed by atoms with E-state index in [1.54, 1.807) is 0 Å². The number of fused-ring (bicyclic) bond motifs is 11. The van der Waals surface area contributed by atoms with Gasteiger partial charge >= 0.3 is 0 Å². The number of thiophene rings is 1. The van der Waals surface area contributed by atoms with E-state index >= 15 is 0 Å². The molecule has 0 amide bonds. The number of para-hydroxylation sites is 1. The number of hydrogen-bond acceptors (Lipinski definition) is 2. The third kappa shape index (κ3) is 4.05. The van der Waals surface area contributed by atoms with Gasteiger partial charge in [-0.15, -0.1) is 11.3 Å². The Morgan fingerprint density at radius 1 is 0.481 bits per heavy atom. The highest BCUT2D eigenvalue weighted by Gasteiger charge is 2.45. The SMILES string of the molecule is CC1(C)c2ccccc2-c2cccc(-c3ccccc3N(c3ccc4c(c3)C3(CCCC3)c3ccccc3-4)c3cccc4c3sc3ccccc34)c21. The molecule has 0 saturated heterocycles. The Labute approximate surface area is 309 Å². The number of rotatable bonds is 4. The van der Waals surface area contributed by atoms with Crippen LogP contribution in [0.5, 0.6) is 0 Å². The Balaban J connectivity index is 1.19. The molecule has 0 bridgehead atoms. The van der Waals surface area contributed by atoms with Crippen molar-refractivity contribution in [2.24, 2.45) is 0 Å². The van der Waals surface area contributed by atoms with E-state index in [-0.39, 0.29) is 10.8 Å². The molecule has 7 aromatic carbocycles. The molecule has 1 aromatic heterocycles. The van der Waals surface area contributed by atoms with Gasteiger partial charge in [-0.25, -0.2) is 0 Å². The van der Waals surface area contributed by atoms with Crippen LogP contribution < -0.4 is 4.90 Å². The first kappa shape index (κ1) is 30.2. The number of hydrogen-bond donors (Lipinski definition) is 0. The lowest BCUT2D eigenvalue weighted by atomic mass is 9.76. The maximum atomic E-state index is 2.59. The Hall–Kier alpha value is -5.44. The fraction of sp³-hybridized carbons (Fsp3) is 0.160.